The van der Waals surface area contributed by atoms with Crippen LogP contribution in [-0.2, 0) is 0 Å². The fraction of sp³-hybridized carbons (Fsp3) is 0.111. The van der Waals surface area contributed by atoms with E-state index in [1.54, 1.807) is 18.3 Å². The summed E-state index contributed by atoms with van der Waals surface area (Å²) >= 11 is 4.75. The van der Waals surface area contributed by atoms with E-state index >= 15 is 0 Å². The van der Waals surface area contributed by atoms with Crippen LogP contribution in [0, 0.1) is 5.82 Å². The van der Waals surface area contributed by atoms with Crippen LogP contribution in [0.3, 0.4) is 0 Å². The number of methoxy groups -OCH3 is 2. The molecule has 0 bridgehead atoms. The summed E-state index contributed by atoms with van der Waals surface area (Å²) in [6.45, 7) is 0. The lowest BCUT2D eigenvalue weighted by Gasteiger charge is -2.12. The number of nitrogens with zero attached hydrogens (tertiary/aromatic N) is 1. The van der Waals surface area contributed by atoms with Gasteiger partial charge in [0.1, 0.15) is 10.8 Å². The summed E-state index contributed by atoms with van der Waals surface area (Å²) in [6, 6.07) is 7.59. The molecule has 1 heterocycles. The van der Waals surface area contributed by atoms with Gasteiger partial charge in [0.25, 0.3) is 0 Å². The minimum Gasteiger partial charge on any atom is -0.493 e. The van der Waals surface area contributed by atoms with Crippen LogP contribution in [0.25, 0.3) is 10.6 Å². The van der Waals surface area contributed by atoms with Gasteiger partial charge in [-0.15, -0.1) is 11.3 Å². The Morgan fingerprint density at radius 3 is 2.60 bits per heavy atom. The highest BCUT2D eigenvalue weighted by Gasteiger charge is 2.19. The van der Waals surface area contributed by atoms with Gasteiger partial charge in [0.15, 0.2) is 17.3 Å². The Morgan fingerprint density at radius 2 is 2.00 bits per heavy atom. The molecule has 0 unspecified atom stereocenters. The predicted molar refractivity (Wildman–Crippen MR) is 98.2 cm³/mol. The van der Waals surface area contributed by atoms with Crippen molar-refractivity contribution in [1.82, 2.24) is 4.98 Å². The van der Waals surface area contributed by atoms with E-state index in [0.29, 0.717) is 32.1 Å². The van der Waals surface area contributed by atoms with Gasteiger partial charge in [0.2, 0.25) is 0 Å². The topological polar surface area (TPSA) is 48.4 Å². The molecule has 1 aromatic heterocycles. The lowest BCUT2D eigenvalue weighted by atomic mass is 10.0. The van der Waals surface area contributed by atoms with Crippen molar-refractivity contribution in [2.75, 3.05) is 14.2 Å². The molecular formula is C18H13BrFNO3S. The quantitative estimate of drug-likeness (QED) is 0.546. The first-order valence-electron chi connectivity index (χ1n) is 7.20. The zero-order chi connectivity index (χ0) is 18.0. The SMILES string of the molecule is COc1cc(C(=O)c2ccc(-c3nccs3)cc2F)cc(Br)c1OC. The van der Waals surface area contributed by atoms with E-state index in [-0.39, 0.29) is 5.56 Å². The molecule has 0 fully saturated rings. The number of ketones is 1. The number of benzene rings is 2. The maximum atomic E-state index is 14.5. The first kappa shape index (κ1) is 17.6. The number of rotatable bonds is 5. The van der Waals surface area contributed by atoms with Crippen molar-refractivity contribution in [3.63, 3.8) is 0 Å². The summed E-state index contributed by atoms with van der Waals surface area (Å²) < 4.78 is 25.5. The average Bonchev–Trinajstić information content (AvgIpc) is 3.15. The van der Waals surface area contributed by atoms with E-state index in [9.17, 15) is 9.18 Å². The summed E-state index contributed by atoms with van der Waals surface area (Å²) in [5.74, 6) is -0.174. The number of carbonyl (C=O) groups excluding carboxylic acids is 1. The second kappa shape index (κ2) is 7.33. The number of carbonyl (C=O) groups is 1. The first-order valence-corrected chi connectivity index (χ1v) is 8.88. The molecule has 0 amide bonds. The van der Waals surface area contributed by atoms with Crippen LogP contribution in [0.4, 0.5) is 4.39 Å². The Kier molecular flexibility index (Phi) is 5.15. The highest BCUT2D eigenvalue weighted by atomic mass is 79.9. The number of thiazole rings is 1. The average molecular weight is 422 g/mol. The molecule has 0 saturated carbocycles. The van der Waals surface area contributed by atoms with Crippen molar-refractivity contribution in [3.8, 4) is 22.1 Å². The first-order chi connectivity index (χ1) is 12.0. The van der Waals surface area contributed by atoms with Gasteiger partial charge in [-0.2, -0.15) is 0 Å². The molecule has 0 aliphatic carbocycles. The molecule has 0 atom stereocenters. The van der Waals surface area contributed by atoms with E-state index in [1.165, 1.54) is 43.8 Å². The van der Waals surface area contributed by atoms with Gasteiger partial charge < -0.3 is 9.47 Å². The molecule has 0 aliphatic heterocycles. The van der Waals surface area contributed by atoms with Crippen LogP contribution >= 0.6 is 27.3 Å². The third kappa shape index (κ3) is 3.43. The zero-order valence-electron chi connectivity index (χ0n) is 13.4. The fourth-order valence-corrected chi connectivity index (χ4v) is 3.64. The lowest BCUT2D eigenvalue weighted by Crippen LogP contribution is -2.06. The summed E-state index contributed by atoms with van der Waals surface area (Å²) in [4.78, 5) is 16.9. The van der Waals surface area contributed by atoms with Gasteiger partial charge >= 0.3 is 0 Å². The summed E-state index contributed by atoms with van der Waals surface area (Å²) in [5, 5.41) is 2.51. The molecule has 0 N–H and O–H groups in total. The Labute approximate surface area is 156 Å². The predicted octanol–water partition coefficient (Wildman–Crippen LogP) is 4.96. The van der Waals surface area contributed by atoms with E-state index in [1.807, 2.05) is 5.38 Å². The monoisotopic (exact) mass is 421 g/mol. The van der Waals surface area contributed by atoms with Gasteiger partial charge in [-0.05, 0) is 40.2 Å². The number of halogens is 2. The number of ether oxygens (including phenoxy) is 2. The molecule has 25 heavy (non-hydrogen) atoms. The molecule has 2 aromatic carbocycles. The van der Waals surface area contributed by atoms with Crippen LogP contribution in [-0.4, -0.2) is 25.0 Å². The van der Waals surface area contributed by atoms with Gasteiger partial charge in [-0.3, -0.25) is 4.79 Å². The van der Waals surface area contributed by atoms with Gasteiger partial charge in [0, 0.05) is 22.7 Å². The second-order valence-electron chi connectivity index (χ2n) is 5.05. The maximum Gasteiger partial charge on any atom is 0.196 e. The summed E-state index contributed by atoms with van der Waals surface area (Å²) in [7, 11) is 2.98. The van der Waals surface area contributed by atoms with Crippen LogP contribution in [0.1, 0.15) is 15.9 Å². The molecule has 4 nitrogen and oxygen atoms in total. The minimum absolute atomic E-state index is 0.0144. The van der Waals surface area contributed by atoms with Crippen molar-refractivity contribution >= 4 is 33.0 Å². The smallest absolute Gasteiger partial charge is 0.196 e. The molecular weight excluding hydrogens is 409 g/mol. The Bertz CT molecular complexity index is 928. The van der Waals surface area contributed by atoms with Crippen LogP contribution in [0.15, 0.2) is 46.4 Å². The largest absolute Gasteiger partial charge is 0.493 e. The van der Waals surface area contributed by atoms with Gasteiger partial charge in [-0.25, -0.2) is 9.37 Å². The van der Waals surface area contributed by atoms with Crippen molar-refractivity contribution in [2.45, 2.75) is 0 Å². The van der Waals surface area contributed by atoms with Crippen molar-refractivity contribution in [1.29, 1.82) is 0 Å². The third-order valence-corrected chi connectivity index (χ3v) is 5.00. The standard InChI is InChI=1S/C18H13BrFNO3S/c1-23-15-9-11(7-13(19)17(15)24-2)16(22)12-4-3-10(8-14(12)20)18-21-5-6-25-18/h3-9H,1-2H3. The lowest BCUT2D eigenvalue weighted by molar-refractivity contribution is 0.103. The highest BCUT2D eigenvalue weighted by molar-refractivity contribution is 9.10. The van der Waals surface area contributed by atoms with E-state index in [0.717, 1.165) is 0 Å². The number of hydrogen-bond donors (Lipinski definition) is 0. The molecule has 3 aromatic rings. The van der Waals surface area contributed by atoms with Crippen molar-refractivity contribution in [3.05, 3.63) is 63.3 Å². The molecule has 3 rings (SSSR count). The Morgan fingerprint density at radius 1 is 1.20 bits per heavy atom. The maximum absolute atomic E-state index is 14.5. The molecule has 0 radical (unpaired) electrons. The van der Waals surface area contributed by atoms with E-state index in [2.05, 4.69) is 20.9 Å². The van der Waals surface area contributed by atoms with Crippen LogP contribution in [0.2, 0.25) is 0 Å². The third-order valence-electron chi connectivity index (χ3n) is 3.59. The highest BCUT2D eigenvalue weighted by Crippen LogP contribution is 2.37. The summed E-state index contributed by atoms with van der Waals surface area (Å²) in [5.41, 5.74) is 0.919. The molecule has 7 heteroatoms. The van der Waals surface area contributed by atoms with E-state index in [4.69, 9.17) is 9.47 Å². The normalized spacial score (nSPS) is 10.6. The van der Waals surface area contributed by atoms with Crippen LogP contribution < -0.4 is 9.47 Å². The fourth-order valence-electron chi connectivity index (χ4n) is 2.40. The van der Waals surface area contributed by atoms with Gasteiger partial charge in [-0.1, -0.05) is 6.07 Å². The Balaban J connectivity index is 2.00. The zero-order valence-corrected chi connectivity index (χ0v) is 15.8. The van der Waals surface area contributed by atoms with E-state index < -0.39 is 11.6 Å². The van der Waals surface area contributed by atoms with Crippen molar-refractivity contribution in [2.24, 2.45) is 0 Å². The van der Waals surface area contributed by atoms with Crippen LogP contribution in [0.5, 0.6) is 11.5 Å². The number of hydrogen-bond acceptors (Lipinski definition) is 5. The number of aromatic nitrogens is 1. The molecule has 0 aliphatic rings. The minimum atomic E-state index is -0.594. The molecule has 0 saturated heterocycles. The van der Waals surface area contributed by atoms with Crippen molar-refractivity contribution < 1.29 is 18.7 Å². The Hall–Kier alpha value is -2.25. The molecule has 0 spiro atoms. The molecule has 128 valence electrons. The van der Waals surface area contributed by atoms with Gasteiger partial charge in [0.05, 0.1) is 24.3 Å². The summed E-state index contributed by atoms with van der Waals surface area (Å²) in [6.07, 6.45) is 1.65. The second-order valence-corrected chi connectivity index (χ2v) is 6.80.